The second kappa shape index (κ2) is 4.19. The number of hydrogen-bond acceptors (Lipinski definition) is 2. The van der Waals surface area contributed by atoms with Gasteiger partial charge >= 0.3 is 0 Å². The summed E-state index contributed by atoms with van der Waals surface area (Å²) in [7, 11) is 0. The Labute approximate surface area is 88.0 Å². The topological polar surface area (TPSA) is 18.5 Å². The van der Waals surface area contributed by atoms with E-state index in [4.69, 9.17) is 9.47 Å². The van der Waals surface area contributed by atoms with Gasteiger partial charge in [-0.05, 0) is 32.1 Å². The van der Waals surface area contributed by atoms with Gasteiger partial charge in [0.2, 0.25) is 0 Å². The molecule has 0 saturated carbocycles. The summed E-state index contributed by atoms with van der Waals surface area (Å²) < 4.78 is 11.3. The normalized spacial score (nSPS) is 26.8. The van der Waals surface area contributed by atoms with Crippen LogP contribution in [0.3, 0.4) is 0 Å². The van der Waals surface area contributed by atoms with Crippen LogP contribution >= 0.6 is 0 Å². The molecule has 1 aliphatic heterocycles. The Hall–Kier alpha value is -0.0800. The van der Waals surface area contributed by atoms with Gasteiger partial charge in [-0.1, -0.05) is 27.2 Å². The van der Waals surface area contributed by atoms with Crippen LogP contribution in [0.1, 0.15) is 53.9 Å². The molecule has 2 heteroatoms. The molecule has 0 spiro atoms. The van der Waals surface area contributed by atoms with Gasteiger partial charge in [-0.15, -0.1) is 0 Å². The van der Waals surface area contributed by atoms with E-state index in [0.717, 1.165) is 13.0 Å². The molecule has 0 N–H and O–H groups in total. The lowest BCUT2D eigenvalue weighted by Gasteiger charge is -2.20. The first kappa shape index (κ1) is 12.0. The molecule has 0 aromatic carbocycles. The second-order valence-electron chi connectivity index (χ2n) is 5.90. The fourth-order valence-corrected chi connectivity index (χ4v) is 1.77. The smallest absolute Gasteiger partial charge is 0.163 e. The predicted octanol–water partition coefficient (Wildman–Crippen LogP) is 3.35. The van der Waals surface area contributed by atoms with Crippen molar-refractivity contribution in [2.75, 3.05) is 6.61 Å². The van der Waals surface area contributed by atoms with Crippen molar-refractivity contribution in [2.24, 2.45) is 5.41 Å². The highest BCUT2D eigenvalue weighted by Crippen LogP contribution is 2.27. The monoisotopic (exact) mass is 200 g/mol. The molecule has 0 amide bonds. The highest BCUT2D eigenvalue weighted by atomic mass is 16.7. The largest absolute Gasteiger partial charge is 0.348 e. The Morgan fingerprint density at radius 2 is 1.93 bits per heavy atom. The highest BCUT2D eigenvalue weighted by molar-refractivity contribution is 4.72. The van der Waals surface area contributed by atoms with Crippen molar-refractivity contribution in [2.45, 2.75) is 65.8 Å². The lowest BCUT2D eigenvalue weighted by atomic mass is 9.89. The fourth-order valence-electron chi connectivity index (χ4n) is 1.77. The Bertz CT molecular complexity index is 179. The molecule has 0 radical (unpaired) electrons. The van der Waals surface area contributed by atoms with Crippen LogP contribution < -0.4 is 0 Å². The van der Waals surface area contributed by atoms with Crippen LogP contribution in [0, 0.1) is 5.41 Å². The first-order valence-corrected chi connectivity index (χ1v) is 5.60. The Kier molecular flexibility index (Phi) is 3.59. The van der Waals surface area contributed by atoms with E-state index in [-0.39, 0.29) is 5.79 Å². The molecule has 0 aliphatic carbocycles. The maximum atomic E-state index is 5.74. The Morgan fingerprint density at radius 1 is 1.29 bits per heavy atom. The maximum absolute atomic E-state index is 5.74. The zero-order valence-corrected chi connectivity index (χ0v) is 10.2. The van der Waals surface area contributed by atoms with E-state index in [9.17, 15) is 0 Å². The molecular weight excluding hydrogens is 176 g/mol. The first-order valence-electron chi connectivity index (χ1n) is 5.60. The van der Waals surface area contributed by atoms with Crippen LogP contribution in [0.2, 0.25) is 0 Å². The minimum absolute atomic E-state index is 0.312. The van der Waals surface area contributed by atoms with Crippen molar-refractivity contribution < 1.29 is 9.47 Å². The molecule has 84 valence electrons. The van der Waals surface area contributed by atoms with Crippen LogP contribution in [0.5, 0.6) is 0 Å². The molecule has 0 bridgehead atoms. The lowest BCUT2D eigenvalue weighted by molar-refractivity contribution is -0.139. The highest BCUT2D eigenvalue weighted by Gasteiger charge is 2.32. The van der Waals surface area contributed by atoms with Crippen LogP contribution in [0.15, 0.2) is 0 Å². The quantitative estimate of drug-likeness (QED) is 0.695. The summed E-state index contributed by atoms with van der Waals surface area (Å²) in [6.45, 7) is 11.6. The number of rotatable bonds is 3. The molecule has 1 heterocycles. The van der Waals surface area contributed by atoms with Gasteiger partial charge in [0.15, 0.2) is 5.79 Å². The van der Waals surface area contributed by atoms with Gasteiger partial charge in [-0.3, -0.25) is 0 Å². The summed E-state index contributed by atoms with van der Waals surface area (Å²) in [6, 6.07) is 0. The molecule has 0 aromatic rings. The molecule has 14 heavy (non-hydrogen) atoms. The van der Waals surface area contributed by atoms with E-state index < -0.39 is 0 Å². The van der Waals surface area contributed by atoms with Crippen molar-refractivity contribution in [1.29, 1.82) is 0 Å². The van der Waals surface area contributed by atoms with Gasteiger partial charge < -0.3 is 9.47 Å². The fraction of sp³-hybridized carbons (Fsp3) is 1.00. The van der Waals surface area contributed by atoms with Crippen molar-refractivity contribution in [1.82, 2.24) is 0 Å². The summed E-state index contributed by atoms with van der Waals surface area (Å²) in [6.07, 6.45) is 3.93. The standard InChI is InChI=1S/C12H24O2/c1-11(2,3)8-6-7-10-9-13-12(4,5)14-10/h10H,6-9H2,1-5H3/t10-/m0/s1. The molecule has 0 aromatic heterocycles. The number of hydrogen-bond donors (Lipinski definition) is 0. The van der Waals surface area contributed by atoms with Crippen molar-refractivity contribution in [3.8, 4) is 0 Å². The van der Waals surface area contributed by atoms with Crippen molar-refractivity contribution in [3.63, 3.8) is 0 Å². The summed E-state index contributed by atoms with van der Waals surface area (Å²) in [5.41, 5.74) is 0.439. The third kappa shape index (κ3) is 4.43. The maximum Gasteiger partial charge on any atom is 0.163 e. The molecule has 1 rings (SSSR count). The molecule has 0 unspecified atom stereocenters. The minimum Gasteiger partial charge on any atom is -0.348 e. The molecular formula is C12H24O2. The third-order valence-electron chi connectivity index (χ3n) is 2.52. The van der Waals surface area contributed by atoms with E-state index in [1.807, 2.05) is 13.8 Å². The van der Waals surface area contributed by atoms with Crippen LogP contribution in [0.4, 0.5) is 0 Å². The van der Waals surface area contributed by atoms with Gasteiger partial charge in [0.05, 0.1) is 12.7 Å². The Balaban J connectivity index is 2.15. The minimum atomic E-state index is -0.355. The van der Waals surface area contributed by atoms with Gasteiger partial charge in [0.1, 0.15) is 0 Å². The first-order chi connectivity index (χ1) is 6.29. The van der Waals surface area contributed by atoms with Gasteiger partial charge in [0.25, 0.3) is 0 Å². The van der Waals surface area contributed by atoms with E-state index in [2.05, 4.69) is 20.8 Å². The molecule has 1 aliphatic rings. The van der Waals surface area contributed by atoms with Gasteiger partial charge in [-0.2, -0.15) is 0 Å². The SMILES string of the molecule is CC(C)(C)CCC[C@H]1COC(C)(C)O1. The average Bonchev–Trinajstić information content (AvgIpc) is 2.27. The van der Waals surface area contributed by atoms with Gasteiger partial charge in [0, 0.05) is 0 Å². The van der Waals surface area contributed by atoms with Crippen LogP contribution in [0.25, 0.3) is 0 Å². The van der Waals surface area contributed by atoms with Crippen LogP contribution in [-0.2, 0) is 9.47 Å². The summed E-state index contributed by atoms with van der Waals surface area (Å²) in [4.78, 5) is 0. The predicted molar refractivity (Wildman–Crippen MR) is 58.2 cm³/mol. The summed E-state index contributed by atoms with van der Waals surface area (Å²) in [5.74, 6) is -0.355. The van der Waals surface area contributed by atoms with E-state index in [1.165, 1.54) is 12.8 Å². The van der Waals surface area contributed by atoms with E-state index in [0.29, 0.717) is 11.5 Å². The van der Waals surface area contributed by atoms with Crippen molar-refractivity contribution in [3.05, 3.63) is 0 Å². The molecule has 1 atom stereocenters. The molecule has 2 nitrogen and oxygen atoms in total. The third-order valence-corrected chi connectivity index (χ3v) is 2.52. The second-order valence-corrected chi connectivity index (χ2v) is 5.90. The zero-order valence-electron chi connectivity index (χ0n) is 10.2. The zero-order chi connectivity index (χ0) is 10.8. The van der Waals surface area contributed by atoms with Crippen molar-refractivity contribution >= 4 is 0 Å². The average molecular weight is 200 g/mol. The van der Waals surface area contributed by atoms with E-state index in [1.54, 1.807) is 0 Å². The van der Waals surface area contributed by atoms with Gasteiger partial charge in [-0.25, -0.2) is 0 Å². The lowest BCUT2D eigenvalue weighted by Crippen LogP contribution is -2.21. The van der Waals surface area contributed by atoms with Crippen LogP contribution in [-0.4, -0.2) is 18.5 Å². The number of ether oxygens (including phenoxy) is 2. The summed E-state index contributed by atoms with van der Waals surface area (Å²) >= 11 is 0. The summed E-state index contributed by atoms with van der Waals surface area (Å²) in [5, 5.41) is 0. The molecule has 1 saturated heterocycles. The Morgan fingerprint density at radius 3 is 2.36 bits per heavy atom. The molecule has 1 fully saturated rings. The van der Waals surface area contributed by atoms with E-state index >= 15 is 0 Å².